The molecule has 0 fully saturated rings. The van der Waals surface area contributed by atoms with E-state index in [2.05, 4.69) is 14.7 Å². The third kappa shape index (κ3) is 3.48. The zero-order chi connectivity index (χ0) is 15.6. The molecule has 0 atom stereocenters. The Morgan fingerprint density at radius 2 is 1.81 bits per heavy atom. The normalized spacial score (nSPS) is 11.0. The number of nitrogens with zero attached hydrogens (tertiary/aromatic N) is 3. The van der Waals surface area contributed by atoms with Crippen molar-refractivity contribution >= 4 is 27.6 Å². The monoisotopic (exact) mass is 322 g/mol. The van der Waals surface area contributed by atoms with E-state index < -0.39 is 10.0 Å². The van der Waals surface area contributed by atoms with Gasteiger partial charge in [-0.3, -0.25) is 0 Å². The highest BCUT2D eigenvalue weighted by Crippen LogP contribution is 2.24. The number of hydrogen-bond donors (Lipinski definition) is 1. The van der Waals surface area contributed by atoms with Gasteiger partial charge in [0.05, 0.1) is 16.7 Å². The molecule has 0 unspecified atom stereocenters. The first-order valence-corrected chi connectivity index (χ1v) is 7.73. The van der Waals surface area contributed by atoms with Gasteiger partial charge in [0, 0.05) is 11.4 Å². The first-order chi connectivity index (χ1) is 9.81. The Morgan fingerprint density at radius 1 is 1.19 bits per heavy atom. The lowest BCUT2D eigenvalue weighted by atomic mass is 10.2. The number of aromatic nitrogens is 2. The molecule has 2 rings (SSSR count). The van der Waals surface area contributed by atoms with Crippen LogP contribution in [-0.4, -0.2) is 18.4 Å². The molecule has 0 aliphatic rings. The summed E-state index contributed by atoms with van der Waals surface area (Å²) >= 11 is 5.90. The Kier molecular flexibility index (Phi) is 4.11. The number of nitrogens with one attached hydrogen (secondary N) is 1. The number of anilines is 1. The predicted octanol–water partition coefficient (Wildman–Crippen LogP) is 2.42. The van der Waals surface area contributed by atoms with Crippen molar-refractivity contribution < 1.29 is 8.42 Å². The summed E-state index contributed by atoms with van der Waals surface area (Å²) in [4.78, 5) is 7.83. The van der Waals surface area contributed by atoms with Gasteiger partial charge in [0.2, 0.25) is 5.95 Å². The van der Waals surface area contributed by atoms with E-state index in [1.807, 2.05) is 6.07 Å². The highest BCUT2D eigenvalue weighted by molar-refractivity contribution is 7.92. The van der Waals surface area contributed by atoms with E-state index >= 15 is 0 Å². The van der Waals surface area contributed by atoms with Gasteiger partial charge in [0.1, 0.15) is 4.90 Å². The molecule has 21 heavy (non-hydrogen) atoms. The Balaban J connectivity index is 2.45. The van der Waals surface area contributed by atoms with Gasteiger partial charge in [-0.1, -0.05) is 11.6 Å². The van der Waals surface area contributed by atoms with Crippen molar-refractivity contribution in [3.05, 3.63) is 46.2 Å². The average Bonchev–Trinajstić information content (AvgIpc) is 2.37. The summed E-state index contributed by atoms with van der Waals surface area (Å²) in [6.07, 6.45) is 0. The SMILES string of the molecule is Cc1cc(C)nc(NS(=O)(=O)c2cc(C#N)ccc2Cl)n1. The van der Waals surface area contributed by atoms with Crippen LogP contribution >= 0.6 is 11.6 Å². The maximum Gasteiger partial charge on any atom is 0.265 e. The van der Waals surface area contributed by atoms with Crippen molar-refractivity contribution in [1.82, 2.24) is 9.97 Å². The molecule has 0 radical (unpaired) electrons. The van der Waals surface area contributed by atoms with E-state index in [4.69, 9.17) is 16.9 Å². The molecular weight excluding hydrogens is 312 g/mol. The molecule has 6 nitrogen and oxygen atoms in total. The van der Waals surface area contributed by atoms with Crippen LogP contribution in [0.1, 0.15) is 17.0 Å². The molecule has 0 saturated carbocycles. The standard InChI is InChI=1S/C13H11ClN4O2S/c1-8-5-9(2)17-13(16-8)18-21(19,20)12-6-10(7-15)3-4-11(12)14/h3-6H,1-2H3,(H,16,17,18). The van der Waals surface area contributed by atoms with Crippen molar-refractivity contribution in [2.75, 3.05) is 4.72 Å². The number of hydrogen-bond acceptors (Lipinski definition) is 5. The highest BCUT2D eigenvalue weighted by atomic mass is 35.5. The molecule has 0 bridgehead atoms. The lowest BCUT2D eigenvalue weighted by Crippen LogP contribution is -2.16. The number of sulfonamides is 1. The number of nitriles is 1. The number of aryl methyl sites for hydroxylation is 2. The second kappa shape index (κ2) is 5.68. The minimum absolute atomic E-state index is 0.0193. The van der Waals surface area contributed by atoms with Crippen LogP contribution in [0, 0.1) is 25.2 Å². The van der Waals surface area contributed by atoms with E-state index in [0.29, 0.717) is 11.4 Å². The highest BCUT2D eigenvalue weighted by Gasteiger charge is 2.20. The van der Waals surface area contributed by atoms with Crippen molar-refractivity contribution in [2.45, 2.75) is 18.7 Å². The van der Waals surface area contributed by atoms with Crippen LogP contribution in [0.3, 0.4) is 0 Å². The van der Waals surface area contributed by atoms with E-state index in [9.17, 15) is 8.42 Å². The summed E-state index contributed by atoms with van der Waals surface area (Å²) < 4.78 is 26.9. The molecule has 2 aromatic rings. The van der Waals surface area contributed by atoms with Crippen LogP contribution < -0.4 is 4.72 Å². The lowest BCUT2D eigenvalue weighted by molar-refractivity contribution is 0.601. The smallest absolute Gasteiger partial charge is 0.247 e. The summed E-state index contributed by atoms with van der Waals surface area (Å²) in [5, 5.41) is 8.87. The molecule has 1 aromatic heterocycles. The molecular formula is C13H11ClN4O2S. The van der Waals surface area contributed by atoms with E-state index in [0.717, 1.165) is 0 Å². The van der Waals surface area contributed by atoms with Crippen molar-refractivity contribution in [1.29, 1.82) is 5.26 Å². The van der Waals surface area contributed by atoms with Gasteiger partial charge in [-0.15, -0.1) is 0 Å². The van der Waals surface area contributed by atoms with Gasteiger partial charge < -0.3 is 0 Å². The predicted molar refractivity (Wildman–Crippen MR) is 78.5 cm³/mol. The average molecular weight is 323 g/mol. The fourth-order valence-corrected chi connectivity index (χ4v) is 3.20. The second-order valence-corrected chi connectivity index (χ2v) is 6.39. The van der Waals surface area contributed by atoms with Gasteiger partial charge in [0.25, 0.3) is 10.0 Å². The van der Waals surface area contributed by atoms with Crippen LogP contribution in [0.2, 0.25) is 5.02 Å². The van der Waals surface area contributed by atoms with Crippen LogP contribution in [0.25, 0.3) is 0 Å². The molecule has 0 spiro atoms. The lowest BCUT2D eigenvalue weighted by Gasteiger charge is -2.09. The summed E-state index contributed by atoms with van der Waals surface area (Å²) in [6.45, 7) is 3.46. The first-order valence-electron chi connectivity index (χ1n) is 5.86. The number of benzene rings is 1. The van der Waals surface area contributed by atoms with E-state index in [1.165, 1.54) is 18.2 Å². The van der Waals surface area contributed by atoms with Gasteiger partial charge in [-0.05, 0) is 38.1 Å². The molecule has 108 valence electrons. The minimum atomic E-state index is -3.97. The van der Waals surface area contributed by atoms with Gasteiger partial charge in [-0.2, -0.15) is 5.26 Å². The van der Waals surface area contributed by atoms with E-state index in [1.54, 1.807) is 19.9 Å². The van der Waals surface area contributed by atoms with Crippen molar-refractivity contribution in [2.24, 2.45) is 0 Å². The largest absolute Gasteiger partial charge is 0.265 e. The Hall–Kier alpha value is -2.17. The zero-order valence-corrected chi connectivity index (χ0v) is 12.8. The Bertz CT molecular complexity index is 823. The Morgan fingerprint density at radius 3 is 2.38 bits per heavy atom. The van der Waals surface area contributed by atoms with Gasteiger partial charge in [-0.25, -0.2) is 23.1 Å². The molecule has 1 N–H and O–H groups in total. The van der Waals surface area contributed by atoms with E-state index in [-0.39, 0.29) is 21.4 Å². The maximum absolute atomic E-state index is 12.3. The fraction of sp³-hybridized carbons (Fsp3) is 0.154. The molecule has 0 saturated heterocycles. The summed E-state index contributed by atoms with van der Waals surface area (Å²) in [6, 6.07) is 7.59. The van der Waals surface area contributed by atoms with Crippen molar-refractivity contribution in [3.8, 4) is 6.07 Å². The van der Waals surface area contributed by atoms with Crippen LogP contribution in [0.5, 0.6) is 0 Å². The zero-order valence-electron chi connectivity index (χ0n) is 11.3. The maximum atomic E-state index is 12.3. The molecule has 1 aromatic carbocycles. The Labute approximate surface area is 127 Å². The van der Waals surface area contributed by atoms with Gasteiger partial charge >= 0.3 is 0 Å². The topological polar surface area (TPSA) is 95.7 Å². The third-order valence-electron chi connectivity index (χ3n) is 2.56. The van der Waals surface area contributed by atoms with Crippen LogP contribution in [0.4, 0.5) is 5.95 Å². The first kappa shape index (κ1) is 15.2. The van der Waals surface area contributed by atoms with Gasteiger partial charge in [0.15, 0.2) is 0 Å². The van der Waals surface area contributed by atoms with Crippen LogP contribution in [-0.2, 0) is 10.0 Å². The number of rotatable bonds is 3. The van der Waals surface area contributed by atoms with Crippen molar-refractivity contribution in [3.63, 3.8) is 0 Å². The number of halogens is 1. The third-order valence-corrected chi connectivity index (χ3v) is 4.37. The fourth-order valence-electron chi connectivity index (χ4n) is 1.73. The molecule has 8 heteroatoms. The quantitative estimate of drug-likeness (QED) is 0.936. The molecule has 0 amide bonds. The summed E-state index contributed by atoms with van der Waals surface area (Å²) in [7, 11) is -3.97. The summed E-state index contributed by atoms with van der Waals surface area (Å²) in [5.41, 5.74) is 1.47. The van der Waals surface area contributed by atoms with Crippen LogP contribution in [0.15, 0.2) is 29.2 Å². The minimum Gasteiger partial charge on any atom is -0.247 e. The molecule has 0 aliphatic heterocycles. The molecule has 1 heterocycles. The summed E-state index contributed by atoms with van der Waals surface area (Å²) in [5.74, 6) is -0.0362. The molecule has 0 aliphatic carbocycles. The second-order valence-electron chi connectivity index (χ2n) is 4.34.